The van der Waals surface area contributed by atoms with E-state index in [0.29, 0.717) is 17.7 Å². The van der Waals surface area contributed by atoms with Crippen molar-refractivity contribution in [3.63, 3.8) is 0 Å². The number of phenols is 1. The lowest BCUT2D eigenvalue weighted by Gasteiger charge is -2.23. The van der Waals surface area contributed by atoms with Gasteiger partial charge in [0.25, 0.3) is 0 Å². The highest BCUT2D eigenvalue weighted by molar-refractivity contribution is 9.10. The summed E-state index contributed by atoms with van der Waals surface area (Å²) >= 11 is 3.47. The molecule has 3 heterocycles. The van der Waals surface area contributed by atoms with E-state index in [1.807, 2.05) is 36.4 Å². The van der Waals surface area contributed by atoms with Crippen LogP contribution in [0.15, 0.2) is 88.8 Å². The maximum absolute atomic E-state index is 13.3. The minimum Gasteiger partial charge on any atom is -0.508 e. The molecule has 9 heteroatoms. The van der Waals surface area contributed by atoms with E-state index in [4.69, 9.17) is 0 Å². The third-order valence-electron chi connectivity index (χ3n) is 5.39. The highest BCUT2D eigenvalue weighted by atomic mass is 79.9. The van der Waals surface area contributed by atoms with Crippen molar-refractivity contribution in [1.29, 1.82) is 0 Å². The number of aromatic hydroxyl groups is 1. The molecule has 8 nitrogen and oxygen atoms in total. The number of rotatable bonds is 4. The van der Waals surface area contributed by atoms with Crippen molar-refractivity contribution in [1.82, 2.24) is 20.2 Å². The zero-order valence-corrected chi connectivity index (χ0v) is 18.9. The number of nitrogens with zero attached hydrogens (tertiary/aromatic N) is 4. The van der Waals surface area contributed by atoms with Gasteiger partial charge in [0.15, 0.2) is 0 Å². The van der Waals surface area contributed by atoms with Gasteiger partial charge in [-0.2, -0.15) is 10.2 Å². The van der Waals surface area contributed by atoms with E-state index in [1.54, 1.807) is 42.9 Å². The van der Waals surface area contributed by atoms with Crippen LogP contribution in [0.5, 0.6) is 5.75 Å². The van der Waals surface area contributed by atoms with Crippen LogP contribution in [-0.4, -0.2) is 37.0 Å². The van der Waals surface area contributed by atoms with E-state index in [0.717, 1.165) is 27.0 Å². The maximum Gasteiger partial charge on any atom is 0.342 e. The fraction of sp³-hybridized carbons (Fsp3) is 0.0833. The number of hydrazone groups is 1. The van der Waals surface area contributed by atoms with Crippen LogP contribution in [0.4, 0.5) is 10.5 Å². The zero-order valence-electron chi connectivity index (χ0n) is 17.3. The van der Waals surface area contributed by atoms with E-state index in [2.05, 4.69) is 41.5 Å². The van der Waals surface area contributed by atoms with Gasteiger partial charge in [-0.1, -0.05) is 36.4 Å². The summed E-state index contributed by atoms with van der Waals surface area (Å²) in [4.78, 5) is 17.5. The second kappa shape index (κ2) is 8.87. The quantitative estimate of drug-likeness (QED) is 0.350. The molecule has 33 heavy (non-hydrogen) atoms. The van der Waals surface area contributed by atoms with Crippen LogP contribution in [0.25, 0.3) is 11.3 Å². The molecule has 0 saturated heterocycles. The summed E-state index contributed by atoms with van der Waals surface area (Å²) in [5, 5.41) is 26.4. The van der Waals surface area contributed by atoms with Crippen molar-refractivity contribution in [3.8, 4) is 17.0 Å². The second-order valence-electron chi connectivity index (χ2n) is 7.50. The number of para-hydroxylation sites is 1. The number of hydrogen-bond donors (Lipinski definition) is 3. The molecule has 2 aromatic heterocycles. The minimum atomic E-state index is -0.454. The first-order valence-electron chi connectivity index (χ1n) is 10.3. The largest absolute Gasteiger partial charge is 0.508 e. The van der Waals surface area contributed by atoms with Crippen molar-refractivity contribution in [3.05, 3.63) is 94.9 Å². The molecule has 0 spiro atoms. The Bertz CT molecular complexity index is 1340. The number of carbonyl (C=O) groups excluding carboxylic acids is 1. The summed E-state index contributed by atoms with van der Waals surface area (Å²) in [6.07, 6.45) is 5.61. The normalized spacial score (nSPS) is 15.4. The Morgan fingerprint density at radius 1 is 1.12 bits per heavy atom. The third kappa shape index (κ3) is 4.22. The van der Waals surface area contributed by atoms with E-state index in [-0.39, 0.29) is 5.75 Å². The highest BCUT2D eigenvalue weighted by Crippen LogP contribution is 2.37. The lowest BCUT2D eigenvalue weighted by Crippen LogP contribution is -2.31. The van der Waals surface area contributed by atoms with Crippen LogP contribution in [-0.2, 0) is 0 Å². The van der Waals surface area contributed by atoms with E-state index in [1.165, 1.54) is 5.01 Å². The monoisotopic (exact) mass is 502 g/mol. The number of benzene rings is 2. The number of carbonyl (C=O) groups is 1. The SMILES string of the molecule is O=C(Nc1cccc(-c2n[nH]cc2Br)c1)N1N=C(c2cccnc2)CC1c1ccccc1O. The number of pyridine rings is 1. The van der Waals surface area contributed by atoms with Crippen molar-refractivity contribution in [2.75, 3.05) is 5.32 Å². The number of hydrogen-bond acceptors (Lipinski definition) is 5. The number of phenolic OH excluding ortho intramolecular Hbond substituents is 1. The number of aromatic nitrogens is 3. The number of urea groups is 1. The van der Waals surface area contributed by atoms with E-state index in [9.17, 15) is 9.90 Å². The molecule has 0 fully saturated rings. The number of nitrogens with one attached hydrogen (secondary N) is 2. The van der Waals surface area contributed by atoms with Gasteiger partial charge in [-0.05, 0) is 40.2 Å². The smallest absolute Gasteiger partial charge is 0.342 e. The molecule has 5 rings (SSSR count). The molecular formula is C24H19BrN6O2. The molecule has 164 valence electrons. The Balaban J connectivity index is 1.46. The number of aromatic amines is 1. The lowest BCUT2D eigenvalue weighted by molar-refractivity contribution is 0.199. The molecule has 1 atom stereocenters. The Hall–Kier alpha value is -3.98. The second-order valence-corrected chi connectivity index (χ2v) is 8.36. The predicted octanol–water partition coefficient (Wildman–Crippen LogP) is 5.32. The zero-order chi connectivity index (χ0) is 22.8. The average molecular weight is 503 g/mol. The topological polar surface area (TPSA) is 106 Å². The Morgan fingerprint density at radius 3 is 2.73 bits per heavy atom. The van der Waals surface area contributed by atoms with Crippen molar-refractivity contribution in [2.24, 2.45) is 5.10 Å². The molecule has 1 aliphatic heterocycles. The molecule has 2 amide bonds. The highest BCUT2D eigenvalue weighted by Gasteiger charge is 2.34. The number of amides is 2. The van der Waals surface area contributed by atoms with Crippen LogP contribution in [0.2, 0.25) is 0 Å². The summed E-state index contributed by atoms with van der Waals surface area (Å²) in [5.74, 6) is 0.119. The number of H-pyrrole nitrogens is 1. The first-order valence-corrected chi connectivity index (χ1v) is 11.0. The third-order valence-corrected chi connectivity index (χ3v) is 5.99. The summed E-state index contributed by atoms with van der Waals surface area (Å²) < 4.78 is 0.829. The standard InChI is InChI=1S/C24H19BrN6O2/c25-19-14-27-29-23(19)15-5-3-7-17(11-15)28-24(33)31-21(18-8-1-2-9-22(18)32)12-20(30-31)16-6-4-10-26-13-16/h1-11,13-14,21,32H,12H2,(H,27,29)(H,28,33). The first-order chi connectivity index (χ1) is 16.1. The summed E-state index contributed by atoms with van der Waals surface area (Å²) in [6, 6.07) is 17.3. The minimum absolute atomic E-state index is 0.119. The van der Waals surface area contributed by atoms with Crippen LogP contribution in [0.1, 0.15) is 23.6 Å². The van der Waals surface area contributed by atoms with Crippen LogP contribution >= 0.6 is 15.9 Å². The van der Waals surface area contributed by atoms with E-state index < -0.39 is 12.1 Å². The first kappa shape index (κ1) is 20.9. The summed E-state index contributed by atoms with van der Waals surface area (Å²) in [5.41, 5.74) is 4.38. The maximum atomic E-state index is 13.3. The molecule has 4 aromatic rings. The van der Waals surface area contributed by atoms with Gasteiger partial charge in [-0.3, -0.25) is 10.1 Å². The van der Waals surface area contributed by atoms with E-state index >= 15 is 0 Å². The van der Waals surface area contributed by atoms with Crippen molar-refractivity contribution >= 4 is 33.4 Å². The number of halogens is 1. The molecule has 1 aliphatic rings. The lowest BCUT2D eigenvalue weighted by atomic mass is 9.98. The Morgan fingerprint density at radius 2 is 1.97 bits per heavy atom. The van der Waals surface area contributed by atoms with Gasteiger partial charge in [-0.25, -0.2) is 9.80 Å². The molecule has 0 bridgehead atoms. The van der Waals surface area contributed by atoms with Gasteiger partial charge >= 0.3 is 6.03 Å². The molecule has 0 aliphatic carbocycles. The molecule has 1 unspecified atom stereocenters. The molecule has 0 saturated carbocycles. The fourth-order valence-corrected chi connectivity index (χ4v) is 4.24. The summed E-state index contributed by atoms with van der Waals surface area (Å²) in [6.45, 7) is 0. The van der Waals surface area contributed by atoms with Crippen LogP contribution in [0.3, 0.4) is 0 Å². The Kier molecular flexibility index (Phi) is 5.62. The van der Waals surface area contributed by atoms with Crippen molar-refractivity contribution < 1.29 is 9.90 Å². The van der Waals surface area contributed by atoms with Gasteiger partial charge in [0, 0.05) is 47.4 Å². The predicted molar refractivity (Wildman–Crippen MR) is 129 cm³/mol. The van der Waals surface area contributed by atoms with Gasteiger partial charge in [-0.15, -0.1) is 0 Å². The van der Waals surface area contributed by atoms with Gasteiger partial charge in [0.2, 0.25) is 0 Å². The molecule has 2 aromatic carbocycles. The number of anilines is 1. The van der Waals surface area contributed by atoms with Crippen LogP contribution < -0.4 is 5.32 Å². The van der Waals surface area contributed by atoms with Crippen LogP contribution in [0, 0.1) is 0 Å². The molecule has 0 radical (unpaired) electrons. The van der Waals surface area contributed by atoms with Gasteiger partial charge < -0.3 is 10.4 Å². The fourth-order valence-electron chi connectivity index (χ4n) is 3.82. The Labute approximate surface area is 198 Å². The van der Waals surface area contributed by atoms with Crippen molar-refractivity contribution in [2.45, 2.75) is 12.5 Å². The van der Waals surface area contributed by atoms with Gasteiger partial charge in [0.1, 0.15) is 11.4 Å². The average Bonchev–Trinajstić information content (AvgIpc) is 3.47. The molecule has 3 N–H and O–H groups in total. The summed E-state index contributed by atoms with van der Waals surface area (Å²) in [7, 11) is 0. The van der Waals surface area contributed by atoms with Gasteiger partial charge in [0.05, 0.1) is 16.2 Å². The molecular weight excluding hydrogens is 484 g/mol.